The van der Waals surface area contributed by atoms with Crippen LogP contribution in [0.4, 0.5) is 13.2 Å². The molecule has 7 heteroatoms. The van der Waals surface area contributed by atoms with Gasteiger partial charge in [0.1, 0.15) is 11.8 Å². The SMILES string of the molecule is COc1ccc(CCC(=O)N2CC(N)CCC2C(F)(F)F)cc1. The molecule has 1 amide bonds. The number of carbonyl (C=O) groups excluding carboxylic acids is 1. The topological polar surface area (TPSA) is 55.6 Å². The van der Waals surface area contributed by atoms with Crippen LogP contribution >= 0.6 is 0 Å². The first kappa shape index (κ1) is 17.6. The molecule has 0 aromatic heterocycles. The maximum Gasteiger partial charge on any atom is 0.408 e. The van der Waals surface area contributed by atoms with Gasteiger partial charge in [0.05, 0.1) is 7.11 Å². The maximum absolute atomic E-state index is 13.1. The van der Waals surface area contributed by atoms with Crippen molar-refractivity contribution in [3.8, 4) is 5.75 Å². The minimum atomic E-state index is -4.41. The van der Waals surface area contributed by atoms with Gasteiger partial charge in [0, 0.05) is 19.0 Å². The zero-order valence-corrected chi connectivity index (χ0v) is 13.0. The number of ether oxygens (including phenoxy) is 1. The quantitative estimate of drug-likeness (QED) is 0.923. The molecule has 1 aromatic rings. The first-order valence-corrected chi connectivity index (χ1v) is 7.56. The molecule has 2 unspecified atom stereocenters. The highest BCUT2D eigenvalue weighted by atomic mass is 19.4. The second-order valence-electron chi connectivity index (χ2n) is 5.79. The zero-order chi connectivity index (χ0) is 17.0. The molecule has 23 heavy (non-hydrogen) atoms. The lowest BCUT2D eigenvalue weighted by atomic mass is 9.97. The third kappa shape index (κ3) is 4.60. The highest BCUT2D eigenvalue weighted by Crippen LogP contribution is 2.32. The Kier molecular flexibility index (Phi) is 5.51. The summed E-state index contributed by atoms with van der Waals surface area (Å²) in [6.07, 6.45) is -3.83. The lowest BCUT2D eigenvalue weighted by Crippen LogP contribution is -2.56. The molecule has 1 fully saturated rings. The molecular weight excluding hydrogens is 309 g/mol. The normalized spacial score (nSPS) is 22.0. The maximum atomic E-state index is 13.1. The molecule has 2 atom stereocenters. The fourth-order valence-corrected chi connectivity index (χ4v) is 2.80. The van der Waals surface area contributed by atoms with E-state index in [0.29, 0.717) is 12.2 Å². The van der Waals surface area contributed by atoms with Crippen molar-refractivity contribution in [3.63, 3.8) is 0 Å². The van der Waals surface area contributed by atoms with Crippen molar-refractivity contribution in [2.45, 2.75) is 43.9 Å². The van der Waals surface area contributed by atoms with Gasteiger partial charge in [-0.05, 0) is 37.0 Å². The summed E-state index contributed by atoms with van der Waals surface area (Å²) in [5.74, 6) is 0.192. The number of aryl methyl sites for hydroxylation is 1. The third-order valence-corrected chi connectivity index (χ3v) is 4.10. The van der Waals surface area contributed by atoms with Gasteiger partial charge in [-0.25, -0.2) is 0 Å². The van der Waals surface area contributed by atoms with E-state index in [1.165, 1.54) is 0 Å². The molecule has 2 rings (SSSR count). The summed E-state index contributed by atoms with van der Waals surface area (Å²) in [6, 6.07) is 5.01. The van der Waals surface area contributed by atoms with E-state index in [1.807, 2.05) is 0 Å². The Bertz CT molecular complexity index is 531. The van der Waals surface area contributed by atoms with Gasteiger partial charge in [-0.15, -0.1) is 0 Å². The largest absolute Gasteiger partial charge is 0.497 e. The Morgan fingerprint density at radius 1 is 1.30 bits per heavy atom. The molecule has 1 aliphatic heterocycles. The van der Waals surface area contributed by atoms with E-state index in [0.717, 1.165) is 10.5 Å². The van der Waals surface area contributed by atoms with Gasteiger partial charge >= 0.3 is 6.18 Å². The zero-order valence-electron chi connectivity index (χ0n) is 13.0. The van der Waals surface area contributed by atoms with Crippen LogP contribution < -0.4 is 10.5 Å². The van der Waals surface area contributed by atoms with Gasteiger partial charge in [0.25, 0.3) is 0 Å². The molecule has 1 heterocycles. The number of benzene rings is 1. The van der Waals surface area contributed by atoms with Crippen LogP contribution in [0.5, 0.6) is 5.75 Å². The Morgan fingerprint density at radius 3 is 2.52 bits per heavy atom. The number of methoxy groups -OCH3 is 1. The molecule has 4 nitrogen and oxygen atoms in total. The fraction of sp³-hybridized carbons (Fsp3) is 0.562. The molecule has 1 aromatic carbocycles. The standard InChI is InChI=1S/C16H21F3N2O2/c1-23-13-6-2-11(3-7-13)4-9-15(22)21-10-12(20)5-8-14(21)16(17,18)19/h2-3,6-7,12,14H,4-5,8-10,20H2,1H3. The molecule has 0 bridgehead atoms. The second kappa shape index (κ2) is 7.21. The molecule has 1 aliphatic rings. The predicted molar refractivity (Wildman–Crippen MR) is 80.1 cm³/mol. The van der Waals surface area contributed by atoms with Gasteiger partial charge in [-0.2, -0.15) is 13.2 Å². The number of hydrogen-bond acceptors (Lipinski definition) is 3. The van der Waals surface area contributed by atoms with Crippen LogP contribution in [0.15, 0.2) is 24.3 Å². The number of likely N-dealkylation sites (tertiary alicyclic amines) is 1. The minimum Gasteiger partial charge on any atom is -0.497 e. The van der Waals surface area contributed by atoms with Crippen molar-refractivity contribution < 1.29 is 22.7 Å². The molecule has 0 spiro atoms. The van der Waals surface area contributed by atoms with Crippen LogP contribution in [-0.2, 0) is 11.2 Å². The van der Waals surface area contributed by atoms with E-state index in [2.05, 4.69) is 0 Å². The van der Waals surface area contributed by atoms with E-state index in [1.54, 1.807) is 31.4 Å². The Balaban J connectivity index is 1.99. The molecule has 0 saturated carbocycles. The number of piperidine rings is 1. The van der Waals surface area contributed by atoms with Crippen LogP contribution in [0.25, 0.3) is 0 Å². The first-order chi connectivity index (χ1) is 10.8. The Hall–Kier alpha value is -1.76. The van der Waals surface area contributed by atoms with Gasteiger partial charge < -0.3 is 15.4 Å². The van der Waals surface area contributed by atoms with Crippen molar-refractivity contribution in [1.29, 1.82) is 0 Å². The number of carbonyl (C=O) groups is 1. The predicted octanol–water partition coefficient (Wildman–Crippen LogP) is 2.51. The summed E-state index contributed by atoms with van der Waals surface area (Å²) in [5, 5.41) is 0. The summed E-state index contributed by atoms with van der Waals surface area (Å²) >= 11 is 0. The number of amides is 1. The average molecular weight is 330 g/mol. The van der Waals surface area contributed by atoms with Crippen molar-refractivity contribution in [3.05, 3.63) is 29.8 Å². The number of hydrogen-bond donors (Lipinski definition) is 1. The summed E-state index contributed by atoms with van der Waals surface area (Å²) < 4.78 is 44.3. The average Bonchev–Trinajstić information content (AvgIpc) is 2.51. The number of nitrogens with two attached hydrogens (primary N) is 1. The molecule has 128 valence electrons. The Labute approximate surface area is 133 Å². The molecule has 0 radical (unpaired) electrons. The van der Waals surface area contributed by atoms with Crippen LogP contribution in [0.3, 0.4) is 0 Å². The van der Waals surface area contributed by atoms with E-state index >= 15 is 0 Å². The van der Waals surface area contributed by atoms with Crippen molar-refractivity contribution >= 4 is 5.91 Å². The van der Waals surface area contributed by atoms with Crippen LogP contribution in [0.2, 0.25) is 0 Å². The monoisotopic (exact) mass is 330 g/mol. The molecular formula is C16H21F3N2O2. The lowest BCUT2D eigenvalue weighted by molar-refractivity contribution is -0.196. The smallest absolute Gasteiger partial charge is 0.408 e. The fourth-order valence-electron chi connectivity index (χ4n) is 2.80. The van der Waals surface area contributed by atoms with Gasteiger partial charge in [0.2, 0.25) is 5.91 Å². The highest BCUT2D eigenvalue weighted by molar-refractivity contribution is 5.77. The summed E-state index contributed by atoms with van der Waals surface area (Å²) in [7, 11) is 1.55. The minimum absolute atomic E-state index is 0.0334. The van der Waals surface area contributed by atoms with Crippen LogP contribution in [-0.4, -0.2) is 42.7 Å². The van der Waals surface area contributed by atoms with Crippen molar-refractivity contribution in [2.75, 3.05) is 13.7 Å². The van der Waals surface area contributed by atoms with E-state index < -0.39 is 24.2 Å². The van der Waals surface area contributed by atoms with Crippen LogP contribution in [0, 0.1) is 0 Å². The molecule has 2 N–H and O–H groups in total. The van der Waals surface area contributed by atoms with Crippen LogP contribution in [0.1, 0.15) is 24.8 Å². The van der Waals surface area contributed by atoms with Gasteiger partial charge in [-0.1, -0.05) is 12.1 Å². The number of halogens is 3. The number of rotatable bonds is 4. The van der Waals surface area contributed by atoms with E-state index in [9.17, 15) is 18.0 Å². The Morgan fingerprint density at radius 2 is 1.96 bits per heavy atom. The van der Waals surface area contributed by atoms with Gasteiger partial charge in [0.15, 0.2) is 0 Å². The van der Waals surface area contributed by atoms with E-state index in [4.69, 9.17) is 10.5 Å². The number of alkyl halides is 3. The summed E-state index contributed by atoms with van der Waals surface area (Å²) in [4.78, 5) is 13.1. The van der Waals surface area contributed by atoms with Crippen molar-refractivity contribution in [1.82, 2.24) is 4.90 Å². The molecule has 1 saturated heterocycles. The highest BCUT2D eigenvalue weighted by Gasteiger charge is 2.47. The first-order valence-electron chi connectivity index (χ1n) is 7.56. The third-order valence-electron chi connectivity index (χ3n) is 4.10. The summed E-state index contributed by atoms with van der Waals surface area (Å²) in [5.41, 5.74) is 6.61. The lowest BCUT2D eigenvalue weighted by Gasteiger charge is -2.39. The molecule has 0 aliphatic carbocycles. The number of nitrogens with zero attached hydrogens (tertiary/aromatic N) is 1. The van der Waals surface area contributed by atoms with Gasteiger partial charge in [-0.3, -0.25) is 4.79 Å². The van der Waals surface area contributed by atoms with E-state index in [-0.39, 0.29) is 25.8 Å². The van der Waals surface area contributed by atoms with Crippen molar-refractivity contribution in [2.24, 2.45) is 5.73 Å². The second-order valence-corrected chi connectivity index (χ2v) is 5.79. The summed E-state index contributed by atoms with van der Waals surface area (Å²) in [6.45, 7) is -0.0361.